The van der Waals surface area contributed by atoms with Crippen LogP contribution in [0.5, 0.6) is 0 Å². The predicted octanol–water partition coefficient (Wildman–Crippen LogP) is -1.10. The van der Waals surface area contributed by atoms with Crippen molar-refractivity contribution in [2.45, 2.75) is 6.10 Å². The van der Waals surface area contributed by atoms with Gasteiger partial charge in [0.25, 0.3) is 0 Å². The molecule has 1 aliphatic rings. The molecular weight excluding hydrogens is 84.0 g/mol. The van der Waals surface area contributed by atoms with E-state index in [-0.39, 0.29) is 6.61 Å². The third-order valence-electron chi connectivity index (χ3n) is 0.656. The molecule has 1 aliphatic heterocycles. The number of hydrogen-bond acceptors (Lipinski definition) is 3. The first-order valence-electron chi connectivity index (χ1n) is 1.65. The number of rotatable bonds is 0. The first-order valence-corrected chi connectivity index (χ1v) is 1.65. The largest absolute Gasteiger partial charge is 0.460 e. The van der Waals surface area contributed by atoms with E-state index in [2.05, 4.69) is 4.74 Å². The molecule has 34 valence electrons. The van der Waals surface area contributed by atoms with Crippen LogP contribution in [0.4, 0.5) is 0 Å². The van der Waals surface area contributed by atoms with Gasteiger partial charge in [-0.25, -0.2) is 4.79 Å². The molecule has 0 aliphatic carbocycles. The van der Waals surface area contributed by atoms with Crippen molar-refractivity contribution >= 4 is 5.97 Å². The summed E-state index contributed by atoms with van der Waals surface area (Å²) in [4.78, 5) is 9.76. The van der Waals surface area contributed by atoms with Gasteiger partial charge in [0.2, 0.25) is 0 Å². The van der Waals surface area contributed by atoms with Gasteiger partial charge in [-0.15, -0.1) is 0 Å². The Hall–Kier alpha value is -0.570. The van der Waals surface area contributed by atoms with Crippen molar-refractivity contribution in [3.05, 3.63) is 0 Å². The fourth-order valence-electron chi connectivity index (χ4n) is 0.226. The van der Waals surface area contributed by atoms with Gasteiger partial charge in [0.1, 0.15) is 6.61 Å². The van der Waals surface area contributed by atoms with Crippen LogP contribution < -0.4 is 0 Å². The van der Waals surface area contributed by atoms with Crippen LogP contribution in [0, 0.1) is 0 Å². The number of carbonyl (C=O) groups excluding carboxylic acids is 1. The molecule has 0 unspecified atom stereocenters. The van der Waals surface area contributed by atoms with Crippen molar-refractivity contribution in [3.63, 3.8) is 0 Å². The molecule has 3 heteroatoms. The summed E-state index contributed by atoms with van der Waals surface area (Å²) < 4.78 is 4.15. The summed E-state index contributed by atoms with van der Waals surface area (Å²) in [6.45, 7) is 0.179. The molecule has 1 atom stereocenters. The first-order chi connectivity index (χ1) is 2.80. The number of hydrogen-bond donors (Lipinski definition) is 1. The highest BCUT2D eigenvalue weighted by Crippen LogP contribution is 1.99. The van der Waals surface area contributed by atoms with Gasteiger partial charge in [-0.3, -0.25) is 0 Å². The third kappa shape index (κ3) is 0.285. The van der Waals surface area contributed by atoms with Crippen molar-refractivity contribution < 1.29 is 14.6 Å². The molecule has 1 heterocycles. The zero-order valence-corrected chi connectivity index (χ0v) is 3.05. The smallest absolute Gasteiger partial charge is 0.338 e. The van der Waals surface area contributed by atoms with Crippen molar-refractivity contribution in [2.24, 2.45) is 0 Å². The van der Waals surface area contributed by atoms with Crippen molar-refractivity contribution in [3.8, 4) is 0 Å². The Bertz CT molecular complexity index is 78.1. The Morgan fingerprint density at radius 2 is 2.50 bits per heavy atom. The number of esters is 1. The van der Waals surface area contributed by atoms with E-state index in [1.807, 2.05) is 0 Å². The van der Waals surface area contributed by atoms with Gasteiger partial charge in [-0.05, 0) is 0 Å². The van der Waals surface area contributed by atoms with Gasteiger partial charge in [0.15, 0.2) is 6.10 Å². The highest BCUT2D eigenvalue weighted by molar-refractivity contribution is 5.79. The Balaban J connectivity index is 2.39. The second-order valence-corrected chi connectivity index (χ2v) is 1.15. The number of ether oxygens (including phenoxy) is 1. The highest BCUT2D eigenvalue weighted by Gasteiger charge is 2.27. The minimum atomic E-state index is -0.829. The van der Waals surface area contributed by atoms with Crippen LogP contribution in [-0.2, 0) is 9.53 Å². The second-order valence-electron chi connectivity index (χ2n) is 1.15. The van der Waals surface area contributed by atoms with E-state index in [1.165, 1.54) is 0 Å². The van der Waals surface area contributed by atoms with Gasteiger partial charge >= 0.3 is 5.97 Å². The first kappa shape index (κ1) is 3.61. The molecule has 0 saturated carbocycles. The number of cyclic esters (lactones) is 1. The summed E-state index contributed by atoms with van der Waals surface area (Å²) in [6.07, 6.45) is -0.829. The molecular formula is C3H4O3. The average molecular weight is 88.1 g/mol. The Labute approximate surface area is 34.5 Å². The summed E-state index contributed by atoms with van der Waals surface area (Å²) >= 11 is 0. The van der Waals surface area contributed by atoms with E-state index < -0.39 is 12.1 Å². The average Bonchev–Trinajstić information content (AvgIpc) is 1.61. The second kappa shape index (κ2) is 0.944. The summed E-state index contributed by atoms with van der Waals surface area (Å²) in [7, 11) is 0. The molecule has 0 spiro atoms. The molecule has 0 radical (unpaired) electrons. The van der Waals surface area contributed by atoms with Gasteiger partial charge < -0.3 is 9.84 Å². The number of aliphatic hydroxyl groups excluding tert-OH is 1. The predicted molar refractivity (Wildman–Crippen MR) is 17.0 cm³/mol. The zero-order valence-electron chi connectivity index (χ0n) is 3.05. The normalized spacial score (nSPS) is 31.5. The maximum absolute atomic E-state index is 9.76. The minimum Gasteiger partial charge on any atom is -0.460 e. The van der Waals surface area contributed by atoms with Crippen LogP contribution in [-0.4, -0.2) is 23.8 Å². The van der Waals surface area contributed by atoms with E-state index in [0.29, 0.717) is 0 Å². The van der Waals surface area contributed by atoms with E-state index in [9.17, 15) is 4.79 Å². The molecule has 0 aromatic carbocycles. The molecule has 1 saturated heterocycles. The maximum Gasteiger partial charge on any atom is 0.338 e. The Kier molecular flexibility index (Phi) is 0.569. The van der Waals surface area contributed by atoms with Crippen molar-refractivity contribution in [2.75, 3.05) is 6.61 Å². The molecule has 0 aromatic rings. The summed E-state index contributed by atoms with van der Waals surface area (Å²) in [5, 5.41) is 8.24. The molecule has 1 N–H and O–H groups in total. The van der Waals surface area contributed by atoms with Crippen LogP contribution in [0.3, 0.4) is 0 Å². The van der Waals surface area contributed by atoms with Crippen LogP contribution in [0.15, 0.2) is 0 Å². The van der Waals surface area contributed by atoms with Gasteiger partial charge in [0, 0.05) is 0 Å². The molecule has 3 nitrogen and oxygen atoms in total. The monoisotopic (exact) mass is 88.0 g/mol. The quantitative estimate of drug-likeness (QED) is 0.382. The number of carbonyl (C=O) groups is 1. The summed E-state index contributed by atoms with van der Waals surface area (Å²) in [5.41, 5.74) is 0. The lowest BCUT2D eigenvalue weighted by Crippen LogP contribution is -2.39. The van der Waals surface area contributed by atoms with Crippen molar-refractivity contribution in [1.29, 1.82) is 0 Å². The van der Waals surface area contributed by atoms with Gasteiger partial charge in [-0.1, -0.05) is 0 Å². The molecule has 0 amide bonds. The Morgan fingerprint density at radius 3 is 2.50 bits per heavy atom. The topological polar surface area (TPSA) is 46.5 Å². The van der Waals surface area contributed by atoms with Crippen LogP contribution >= 0.6 is 0 Å². The summed E-state index contributed by atoms with van der Waals surface area (Å²) in [5.74, 6) is -0.505. The summed E-state index contributed by atoms with van der Waals surface area (Å²) in [6, 6.07) is 0. The molecule has 0 aromatic heterocycles. The SMILES string of the molecule is O=C1OC[C@@H]1O. The molecule has 6 heavy (non-hydrogen) atoms. The van der Waals surface area contributed by atoms with E-state index in [1.54, 1.807) is 0 Å². The number of aliphatic hydroxyl groups is 1. The van der Waals surface area contributed by atoms with Gasteiger partial charge in [-0.2, -0.15) is 0 Å². The lowest BCUT2D eigenvalue weighted by molar-refractivity contribution is -0.178. The van der Waals surface area contributed by atoms with E-state index >= 15 is 0 Å². The van der Waals surface area contributed by atoms with Crippen LogP contribution in [0.1, 0.15) is 0 Å². The minimum absolute atomic E-state index is 0.179. The van der Waals surface area contributed by atoms with Crippen molar-refractivity contribution in [1.82, 2.24) is 0 Å². The van der Waals surface area contributed by atoms with Crippen LogP contribution in [0.2, 0.25) is 0 Å². The lowest BCUT2D eigenvalue weighted by atomic mass is 10.3. The fraction of sp³-hybridized carbons (Fsp3) is 0.667. The lowest BCUT2D eigenvalue weighted by Gasteiger charge is -2.17. The molecule has 1 fully saturated rings. The van der Waals surface area contributed by atoms with Crippen LogP contribution in [0.25, 0.3) is 0 Å². The standard InChI is InChI=1S/C3H4O3/c4-2-1-6-3(2)5/h2,4H,1H2/t2-/m0/s1. The van der Waals surface area contributed by atoms with Gasteiger partial charge in [0.05, 0.1) is 0 Å². The van der Waals surface area contributed by atoms with E-state index in [0.717, 1.165) is 0 Å². The highest BCUT2D eigenvalue weighted by atomic mass is 16.6. The van der Waals surface area contributed by atoms with E-state index in [4.69, 9.17) is 5.11 Å². The fourth-order valence-corrected chi connectivity index (χ4v) is 0.226. The molecule has 1 rings (SSSR count). The Morgan fingerprint density at radius 1 is 2.00 bits per heavy atom. The third-order valence-corrected chi connectivity index (χ3v) is 0.656. The zero-order chi connectivity index (χ0) is 4.57. The maximum atomic E-state index is 9.76. The molecule has 0 bridgehead atoms.